The number of allylic oxidation sites excluding steroid dienone is 1. The van der Waals surface area contributed by atoms with Crippen molar-refractivity contribution in [3.8, 4) is 0 Å². The van der Waals surface area contributed by atoms with Crippen molar-refractivity contribution in [2.75, 3.05) is 32.9 Å². The Kier molecular flexibility index (Phi) is 4.07. The summed E-state index contributed by atoms with van der Waals surface area (Å²) in [6.07, 6.45) is 1.76. The summed E-state index contributed by atoms with van der Waals surface area (Å²) in [6.45, 7) is 4.71. The number of ether oxygens (including phenoxy) is 1. The van der Waals surface area contributed by atoms with Crippen LogP contribution in [0.1, 0.15) is 6.92 Å². The summed E-state index contributed by atoms with van der Waals surface area (Å²) in [5, 5.41) is 10.6. The second kappa shape index (κ2) is 5.13. The van der Waals surface area contributed by atoms with Gasteiger partial charge in [0.25, 0.3) is 0 Å². The summed E-state index contributed by atoms with van der Waals surface area (Å²) < 4.78 is 5.14. The molecule has 0 aromatic rings. The fraction of sp³-hybridized carbons (Fsp3) is 0.750. The van der Waals surface area contributed by atoms with E-state index in [1.807, 2.05) is 6.92 Å². The van der Waals surface area contributed by atoms with Crippen LogP contribution in [-0.2, 0) is 9.57 Å². The number of hydroxylamine groups is 2. The van der Waals surface area contributed by atoms with Crippen molar-refractivity contribution >= 4 is 0 Å². The summed E-state index contributed by atoms with van der Waals surface area (Å²) in [5.41, 5.74) is 0. The van der Waals surface area contributed by atoms with Crippen LogP contribution in [0.15, 0.2) is 11.8 Å². The second-order valence-electron chi connectivity index (χ2n) is 2.55. The molecule has 1 fully saturated rings. The predicted molar refractivity (Wildman–Crippen MR) is 44.3 cm³/mol. The number of rotatable bonds is 3. The van der Waals surface area contributed by atoms with Crippen LogP contribution in [0.2, 0.25) is 0 Å². The van der Waals surface area contributed by atoms with Crippen LogP contribution in [0.25, 0.3) is 0 Å². The zero-order valence-corrected chi connectivity index (χ0v) is 7.32. The van der Waals surface area contributed by atoms with Gasteiger partial charge in [-0.15, -0.1) is 5.06 Å². The third-order valence-electron chi connectivity index (χ3n) is 1.69. The maximum Gasteiger partial charge on any atom is 0.145 e. The third kappa shape index (κ3) is 2.81. The molecule has 0 aromatic carbocycles. The maximum atomic E-state index is 8.81. The van der Waals surface area contributed by atoms with Gasteiger partial charge in [0.05, 0.1) is 26.3 Å². The highest BCUT2D eigenvalue weighted by molar-refractivity contribution is 4.89. The zero-order valence-electron chi connectivity index (χ0n) is 7.32. The van der Waals surface area contributed by atoms with Crippen molar-refractivity contribution < 1.29 is 14.7 Å². The first-order valence-electron chi connectivity index (χ1n) is 4.13. The first kappa shape index (κ1) is 9.51. The summed E-state index contributed by atoms with van der Waals surface area (Å²) in [7, 11) is 0. The van der Waals surface area contributed by atoms with Crippen LogP contribution < -0.4 is 0 Å². The number of aliphatic hydroxyl groups is 1. The molecule has 4 nitrogen and oxygen atoms in total. The molecule has 70 valence electrons. The highest BCUT2D eigenvalue weighted by Gasteiger charge is 2.12. The minimum atomic E-state index is -0.0478. The van der Waals surface area contributed by atoms with Gasteiger partial charge in [0.2, 0.25) is 0 Å². The normalized spacial score (nSPS) is 21.0. The lowest BCUT2D eigenvalue weighted by Gasteiger charge is -2.26. The Bertz CT molecular complexity index is 152. The molecule has 0 unspecified atom stereocenters. The lowest BCUT2D eigenvalue weighted by molar-refractivity contribution is -0.168. The van der Waals surface area contributed by atoms with E-state index in [0.717, 1.165) is 13.1 Å². The lowest BCUT2D eigenvalue weighted by atomic mass is 10.5. The Hall–Kier alpha value is -0.580. The molecule has 0 spiro atoms. The number of morpholine rings is 1. The molecule has 0 aromatic heterocycles. The van der Waals surface area contributed by atoms with Gasteiger partial charge in [-0.05, 0) is 13.0 Å². The average Bonchev–Trinajstić information content (AvgIpc) is 2.16. The molecule has 0 radical (unpaired) electrons. The zero-order chi connectivity index (χ0) is 8.81. The Labute approximate surface area is 72.3 Å². The van der Waals surface area contributed by atoms with Crippen LogP contribution >= 0.6 is 0 Å². The van der Waals surface area contributed by atoms with E-state index in [2.05, 4.69) is 0 Å². The molecule has 1 aliphatic heterocycles. The van der Waals surface area contributed by atoms with E-state index in [4.69, 9.17) is 14.7 Å². The van der Waals surface area contributed by atoms with Crippen molar-refractivity contribution in [1.82, 2.24) is 5.06 Å². The van der Waals surface area contributed by atoms with Gasteiger partial charge < -0.3 is 14.7 Å². The van der Waals surface area contributed by atoms with E-state index in [-0.39, 0.29) is 6.61 Å². The maximum absolute atomic E-state index is 8.81. The Balaban J connectivity index is 2.28. The highest BCUT2D eigenvalue weighted by Crippen LogP contribution is 2.03. The second-order valence-corrected chi connectivity index (χ2v) is 2.55. The van der Waals surface area contributed by atoms with Gasteiger partial charge in [-0.3, -0.25) is 0 Å². The van der Waals surface area contributed by atoms with E-state index in [1.165, 1.54) is 0 Å². The molecule has 0 amide bonds. The molecule has 0 bridgehead atoms. The highest BCUT2D eigenvalue weighted by atomic mass is 16.7. The molecular formula is C8H15NO3. The van der Waals surface area contributed by atoms with Gasteiger partial charge >= 0.3 is 0 Å². The Morgan fingerprint density at radius 3 is 2.75 bits per heavy atom. The molecule has 0 aliphatic carbocycles. The molecule has 12 heavy (non-hydrogen) atoms. The van der Waals surface area contributed by atoms with Crippen molar-refractivity contribution in [3.05, 3.63) is 11.8 Å². The average molecular weight is 173 g/mol. The molecule has 0 saturated carbocycles. The van der Waals surface area contributed by atoms with E-state index >= 15 is 0 Å². The van der Waals surface area contributed by atoms with Gasteiger partial charge in [0.1, 0.15) is 12.4 Å². The summed E-state index contributed by atoms with van der Waals surface area (Å²) in [4.78, 5) is 5.35. The van der Waals surface area contributed by atoms with Gasteiger partial charge in [-0.1, -0.05) is 0 Å². The topological polar surface area (TPSA) is 41.9 Å². The minimum Gasteiger partial charge on any atom is -0.408 e. The molecule has 1 rings (SSSR count). The summed E-state index contributed by atoms with van der Waals surface area (Å²) >= 11 is 0. The van der Waals surface area contributed by atoms with Crippen molar-refractivity contribution in [2.45, 2.75) is 6.92 Å². The van der Waals surface area contributed by atoms with Crippen LogP contribution in [0.5, 0.6) is 0 Å². The standard InChI is InChI=1S/C8H15NO3/c1-2-8(7-10)12-9-3-5-11-6-4-9/h2,10H,3-7H2,1H3/b8-2-. The SMILES string of the molecule is C/C=C(/CO)ON1CCOCC1. The van der Waals surface area contributed by atoms with Gasteiger partial charge in [-0.2, -0.15) is 0 Å². The summed E-state index contributed by atoms with van der Waals surface area (Å²) in [6, 6.07) is 0. The minimum absolute atomic E-state index is 0.0478. The molecule has 1 heterocycles. The quantitative estimate of drug-likeness (QED) is 0.617. The van der Waals surface area contributed by atoms with E-state index in [0.29, 0.717) is 19.0 Å². The fourth-order valence-electron chi connectivity index (χ4n) is 0.977. The third-order valence-corrected chi connectivity index (χ3v) is 1.69. The van der Waals surface area contributed by atoms with Gasteiger partial charge in [0, 0.05) is 0 Å². The van der Waals surface area contributed by atoms with E-state index in [9.17, 15) is 0 Å². The Morgan fingerprint density at radius 2 is 2.25 bits per heavy atom. The van der Waals surface area contributed by atoms with Gasteiger partial charge in [-0.25, -0.2) is 0 Å². The number of hydrogen-bond acceptors (Lipinski definition) is 4. The van der Waals surface area contributed by atoms with Crippen molar-refractivity contribution in [1.29, 1.82) is 0 Å². The first-order chi connectivity index (χ1) is 5.86. The number of hydrogen-bond donors (Lipinski definition) is 1. The smallest absolute Gasteiger partial charge is 0.145 e. The van der Waals surface area contributed by atoms with Gasteiger partial charge in [0.15, 0.2) is 0 Å². The molecule has 1 N–H and O–H groups in total. The molecule has 0 atom stereocenters. The Morgan fingerprint density at radius 1 is 1.58 bits per heavy atom. The molecule has 1 saturated heterocycles. The number of nitrogens with zero attached hydrogens (tertiary/aromatic N) is 1. The van der Waals surface area contributed by atoms with E-state index in [1.54, 1.807) is 11.1 Å². The lowest BCUT2D eigenvalue weighted by Crippen LogP contribution is -2.36. The molecule has 1 aliphatic rings. The largest absolute Gasteiger partial charge is 0.408 e. The molecule has 4 heteroatoms. The first-order valence-corrected chi connectivity index (χ1v) is 4.13. The van der Waals surface area contributed by atoms with Crippen LogP contribution in [0, 0.1) is 0 Å². The van der Waals surface area contributed by atoms with Crippen LogP contribution in [0.4, 0.5) is 0 Å². The summed E-state index contributed by atoms with van der Waals surface area (Å²) in [5.74, 6) is 0.594. The number of aliphatic hydroxyl groups excluding tert-OH is 1. The van der Waals surface area contributed by atoms with Crippen molar-refractivity contribution in [2.24, 2.45) is 0 Å². The van der Waals surface area contributed by atoms with Crippen molar-refractivity contribution in [3.63, 3.8) is 0 Å². The monoisotopic (exact) mass is 173 g/mol. The van der Waals surface area contributed by atoms with Crippen LogP contribution in [0.3, 0.4) is 0 Å². The van der Waals surface area contributed by atoms with Crippen LogP contribution in [-0.4, -0.2) is 43.1 Å². The predicted octanol–water partition coefficient (Wildman–Crippen LogP) is 0.146. The fourth-order valence-corrected chi connectivity index (χ4v) is 0.977. The molecular weight excluding hydrogens is 158 g/mol. The van der Waals surface area contributed by atoms with E-state index < -0.39 is 0 Å².